The van der Waals surface area contributed by atoms with E-state index >= 15 is 0 Å². The van der Waals surface area contributed by atoms with E-state index in [1.165, 1.54) is 21.5 Å². The van der Waals surface area contributed by atoms with Crippen molar-refractivity contribution in [1.82, 2.24) is 0 Å². The molecule has 1 heterocycles. The van der Waals surface area contributed by atoms with Crippen LogP contribution in [0.15, 0.2) is 48.7 Å². The summed E-state index contributed by atoms with van der Waals surface area (Å²) in [5, 5.41) is 2.86. The quantitative estimate of drug-likeness (QED) is 0.215. The van der Waals surface area contributed by atoms with Crippen LogP contribution in [0.5, 0.6) is 0 Å². The monoisotopic (exact) mass is 548 g/mol. The van der Waals surface area contributed by atoms with Gasteiger partial charge in [0.2, 0.25) is 5.69 Å². The van der Waals surface area contributed by atoms with Crippen molar-refractivity contribution in [2.75, 3.05) is 0 Å². The summed E-state index contributed by atoms with van der Waals surface area (Å²) in [6.07, 6.45) is -1.66. The zero-order valence-corrected chi connectivity index (χ0v) is 28.6. The SMILES string of the molecule is [2H]C([2H])(c1cc(-c2cc(-c3ccc([Si](C)(C)C)cc3)c([Si](C)(C)C)cc2C)[n+](C)cc1C([2H])([2H])C(C)(C)C)C(C)(C)C. The molecule has 1 nitrogen and oxygen atoms in total. The molecule has 1 aromatic heterocycles. The van der Waals surface area contributed by atoms with Crippen molar-refractivity contribution in [3.8, 4) is 22.4 Å². The molecule has 3 heteroatoms. The number of aryl methyl sites for hydroxylation is 2. The molecular formula is C35H54NSi2+. The Morgan fingerprint density at radius 2 is 1.24 bits per heavy atom. The Hall–Kier alpha value is -1.98. The van der Waals surface area contributed by atoms with E-state index in [1.807, 2.05) is 65.4 Å². The fourth-order valence-electron chi connectivity index (χ4n) is 4.92. The molecule has 0 radical (unpaired) electrons. The van der Waals surface area contributed by atoms with Crippen LogP contribution < -0.4 is 14.9 Å². The van der Waals surface area contributed by atoms with Gasteiger partial charge in [0.1, 0.15) is 7.05 Å². The highest BCUT2D eigenvalue weighted by molar-refractivity contribution is 6.90. The van der Waals surface area contributed by atoms with Crippen molar-refractivity contribution in [2.24, 2.45) is 17.9 Å². The predicted molar refractivity (Wildman–Crippen MR) is 176 cm³/mol. The lowest BCUT2D eigenvalue weighted by Gasteiger charge is -2.25. The van der Waals surface area contributed by atoms with Crippen LogP contribution in [0, 0.1) is 17.8 Å². The first kappa shape index (κ1) is 25.0. The molecule has 0 N–H and O–H groups in total. The van der Waals surface area contributed by atoms with Crippen molar-refractivity contribution in [3.63, 3.8) is 0 Å². The summed E-state index contributed by atoms with van der Waals surface area (Å²) in [7, 11) is -1.17. The van der Waals surface area contributed by atoms with Gasteiger partial charge < -0.3 is 0 Å². The molecule has 0 amide bonds. The Kier molecular flexibility index (Phi) is 6.94. The van der Waals surface area contributed by atoms with E-state index in [9.17, 15) is 2.74 Å². The standard InChI is InChI=1S/C35H54NSi2/c1-25-19-33(38(12,13)14)31(26-15-17-29(18-16-26)37(9,10)11)21-30(25)32-20-27(22-34(2,3)4)28(24-36(32)8)23-35(5,6)7/h15-21,24H,22-23H2,1-14H3/q+1/i22D2,23D2. The topological polar surface area (TPSA) is 3.88 Å². The summed E-state index contributed by atoms with van der Waals surface area (Å²) in [4.78, 5) is 0. The zero-order chi connectivity index (χ0) is 32.4. The van der Waals surface area contributed by atoms with Crippen LogP contribution in [0.4, 0.5) is 0 Å². The zero-order valence-electron chi connectivity index (χ0n) is 30.6. The second-order valence-corrected chi connectivity index (χ2v) is 25.3. The minimum absolute atomic E-state index is 0.416. The van der Waals surface area contributed by atoms with Crippen LogP contribution in [0.2, 0.25) is 39.3 Å². The van der Waals surface area contributed by atoms with Crippen LogP contribution in [0.25, 0.3) is 22.4 Å². The molecule has 0 atom stereocenters. The van der Waals surface area contributed by atoms with Crippen LogP contribution in [0.3, 0.4) is 0 Å². The molecule has 0 aliphatic rings. The molecule has 0 aliphatic heterocycles. The van der Waals surface area contributed by atoms with Crippen molar-refractivity contribution < 1.29 is 10.1 Å². The van der Waals surface area contributed by atoms with Gasteiger partial charge in [0.15, 0.2) is 6.20 Å². The molecule has 0 fully saturated rings. The Morgan fingerprint density at radius 3 is 1.71 bits per heavy atom. The maximum absolute atomic E-state index is 9.29. The van der Waals surface area contributed by atoms with E-state index in [2.05, 4.69) is 82.6 Å². The Labute approximate surface area is 242 Å². The van der Waals surface area contributed by atoms with Crippen molar-refractivity contribution in [3.05, 3.63) is 65.4 Å². The molecule has 206 valence electrons. The Bertz CT molecular complexity index is 1460. The molecule has 3 rings (SSSR count). The normalized spacial score (nSPS) is 15.5. The van der Waals surface area contributed by atoms with E-state index in [0.29, 0.717) is 11.1 Å². The van der Waals surface area contributed by atoms with Crippen molar-refractivity contribution in [2.45, 2.75) is 100 Å². The third kappa shape index (κ3) is 7.57. The second-order valence-electron chi connectivity index (χ2n) is 15.1. The number of hydrogen-bond acceptors (Lipinski definition) is 0. The molecule has 0 bridgehead atoms. The van der Waals surface area contributed by atoms with Gasteiger partial charge in [0.05, 0.1) is 16.1 Å². The van der Waals surface area contributed by atoms with E-state index in [1.54, 1.807) is 0 Å². The summed E-state index contributed by atoms with van der Waals surface area (Å²) in [6, 6.07) is 15.7. The summed E-state index contributed by atoms with van der Waals surface area (Å²) in [6.45, 7) is 27.8. The lowest BCUT2D eigenvalue weighted by molar-refractivity contribution is -0.660. The number of hydrogen-bond donors (Lipinski definition) is 0. The number of benzene rings is 2. The Morgan fingerprint density at radius 1 is 0.711 bits per heavy atom. The minimum atomic E-state index is -1.76. The first-order chi connectivity index (χ1) is 18.7. The predicted octanol–water partition coefficient (Wildman–Crippen LogP) is 8.42. The van der Waals surface area contributed by atoms with E-state index in [4.69, 9.17) is 2.74 Å². The smallest absolute Gasteiger partial charge is 0.201 e. The highest BCUT2D eigenvalue weighted by Gasteiger charge is 2.27. The highest BCUT2D eigenvalue weighted by Crippen LogP contribution is 2.33. The average molecular weight is 549 g/mol. The highest BCUT2D eigenvalue weighted by atomic mass is 28.3. The van der Waals surface area contributed by atoms with Crippen molar-refractivity contribution >= 4 is 26.5 Å². The van der Waals surface area contributed by atoms with Crippen LogP contribution in [0.1, 0.15) is 63.7 Å². The third-order valence-corrected chi connectivity index (χ3v) is 10.9. The largest absolute Gasteiger partial charge is 0.212 e. The fourth-order valence-corrected chi connectivity index (χ4v) is 7.76. The fraction of sp³-hybridized carbons (Fsp3) is 0.514. The van der Waals surface area contributed by atoms with Gasteiger partial charge in [0, 0.05) is 22.7 Å². The van der Waals surface area contributed by atoms with E-state index < -0.39 is 39.7 Å². The molecule has 2 aromatic carbocycles. The van der Waals surface area contributed by atoms with Crippen molar-refractivity contribution in [1.29, 1.82) is 0 Å². The number of aromatic nitrogens is 1. The molecule has 0 saturated carbocycles. The molecule has 0 saturated heterocycles. The number of pyridine rings is 1. The molecule has 0 aliphatic carbocycles. The molecular weight excluding hydrogens is 491 g/mol. The van der Waals surface area contributed by atoms with Gasteiger partial charge in [-0.2, -0.15) is 0 Å². The molecule has 0 spiro atoms. The average Bonchev–Trinajstić information content (AvgIpc) is 2.81. The Balaban J connectivity index is 2.42. The van der Waals surface area contributed by atoms with Gasteiger partial charge in [-0.1, -0.05) is 122 Å². The first-order valence-electron chi connectivity index (χ1n) is 16.0. The van der Waals surface area contributed by atoms with Crippen LogP contribution in [-0.2, 0) is 19.8 Å². The molecule has 38 heavy (non-hydrogen) atoms. The van der Waals surface area contributed by atoms with Crippen LogP contribution in [-0.4, -0.2) is 16.1 Å². The summed E-state index contributed by atoms with van der Waals surface area (Å²) in [5.74, 6) is 0. The maximum atomic E-state index is 9.29. The van der Waals surface area contributed by atoms with Gasteiger partial charge in [-0.05, 0) is 58.8 Å². The van der Waals surface area contributed by atoms with Gasteiger partial charge in [0.25, 0.3) is 0 Å². The first-order valence-corrected chi connectivity index (χ1v) is 21.0. The summed E-state index contributed by atoms with van der Waals surface area (Å²) >= 11 is 0. The summed E-state index contributed by atoms with van der Waals surface area (Å²) < 4.78 is 38.9. The van der Waals surface area contributed by atoms with Crippen LogP contribution >= 0.6 is 0 Å². The molecule has 0 unspecified atom stereocenters. The minimum Gasteiger partial charge on any atom is -0.201 e. The summed E-state index contributed by atoms with van der Waals surface area (Å²) in [5.41, 5.74) is 4.96. The maximum Gasteiger partial charge on any atom is 0.212 e. The van der Waals surface area contributed by atoms with E-state index in [-0.39, 0.29) is 0 Å². The lowest BCUT2D eigenvalue weighted by atomic mass is 9.81. The van der Waals surface area contributed by atoms with Gasteiger partial charge in [-0.15, -0.1) is 0 Å². The molecule has 3 aromatic rings. The van der Waals surface area contributed by atoms with Gasteiger partial charge in [-0.25, -0.2) is 4.57 Å². The lowest BCUT2D eigenvalue weighted by Crippen LogP contribution is -2.40. The second kappa shape index (κ2) is 10.5. The number of nitrogens with zero attached hydrogens (tertiary/aromatic N) is 1. The van der Waals surface area contributed by atoms with Gasteiger partial charge >= 0.3 is 0 Å². The number of rotatable bonds is 6. The van der Waals surface area contributed by atoms with E-state index in [0.717, 1.165) is 16.8 Å². The third-order valence-electron chi connectivity index (χ3n) is 6.80. The van der Waals surface area contributed by atoms with Gasteiger partial charge in [-0.3, -0.25) is 0 Å².